The van der Waals surface area contributed by atoms with Crippen molar-refractivity contribution in [3.05, 3.63) is 56.2 Å². The van der Waals surface area contributed by atoms with E-state index in [4.69, 9.17) is 0 Å². The van der Waals surface area contributed by atoms with Crippen LogP contribution in [0.3, 0.4) is 0 Å². The minimum Gasteiger partial charge on any atom is -0.305 e. The lowest BCUT2D eigenvalue weighted by molar-refractivity contribution is 0.577. The summed E-state index contributed by atoms with van der Waals surface area (Å²) in [6.07, 6.45) is 0. The van der Waals surface area contributed by atoms with Gasteiger partial charge >= 0.3 is 0 Å². The van der Waals surface area contributed by atoms with E-state index < -0.39 is 0 Å². The van der Waals surface area contributed by atoms with Gasteiger partial charge in [0.2, 0.25) is 0 Å². The summed E-state index contributed by atoms with van der Waals surface area (Å²) in [5.74, 6) is 0. The van der Waals surface area contributed by atoms with Crippen molar-refractivity contribution in [2.45, 2.75) is 45.7 Å². The quantitative estimate of drug-likeness (QED) is 0.749. The van der Waals surface area contributed by atoms with Gasteiger partial charge in [-0.25, -0.2) is 0 Å². The number of halogens is 1. The van der Waals surface area contributed by atoms with Crippen molar-refractivity contribution in [1.29, 1.82) is 0 Å². The van der Waals surface area contributed by atoms with Gasteiger partial charge in [-0.15, -0.1) is 11.3 Å². The summed E-state index contributed by atoms with van der Waals surface area (Å²) in [5.41, 5.74) is 1.55. The monoisotopic (exact) mass is 351 g/mol. The van der Waals surface area contributed by atoms with E-state index in [9.17, 15) is 0 Å². The van der Waals surface area contributed by atoms with Gasteiger partial charge in [0.15, 0.2) is 0 Å². The molecule has 1 atom stereocenters. The number of benzene rings is 1. The Morgan fingerprint density at radius 3 is 2.45 bits per heavy atom. The molecule has 2 rings (SSSR count). The maximum atomic E-state index is 3.62. The van der Waals surface area contributed by atoms with Crippen LogP contribution in [-0.4, -0.2) is 0 Å². The van der Waals surface area contributed by atoms with Crippen LogP contribution >= 0.6 is 27.3 Å². The highest BCUT2D eigenvalue weighted by Gasteiger charge is 2.16. The van der Waals surface area contributed by atoms with Crippen molar-refractivity contribution in [2.24, 2.45) is 0 Å². The molecule has 0 saturated carbocycles. The van der Waals surface area contributed by atoms with E-state index in [0.717, 1.165) is 6.54 Å². The zero-order valence-electron chi connectivity index (χ0n) is 12.5. The van der Waals surface area contributed by atoms with Crippen molar-refractivity contribution < 1.29 is 0 Å². The van der Waals surface area contributed by atoms with Crippen LogP contribution in [0.2, 0.25) is 0 Å². The van der Waals surface area contributed by atoms with Crippen LogP contribution in [0, 0.1) is 0 Å². The van der Waals surface area contributed by atoms with E-state index in [1.54, 1.807) is 0 Å². The van der Waals surface area contributed by atoms with E-state index in [0.29, 0.717) is 6.04 Å². The molecule has 2 aromatic rings. The lowest BCUT2D eigenvalue weighted by Gasteiger charge is -2.16. The number of hydrogen-bond acceptors (Lipinski definition) is 2. The molecule has 0 amide bonds. The second kappa shape index (κ2) is 6.42. The largest absolute Gasteiger partial charge is 0.305 e. The summed E-state index contributed by atoms with van der Waals surface area (Å²) < 4.78 is 1.17. The topological polar surface area (TPSA) is 12.0 Å². The molecule has 0 aliphatic rings. The molecule has 0 spiro atoms. The predicted octanol–water partition coefficient (Wildman–Crippen LogP) is 5.66. The standard InChI is InChI=1S/C17H22BrNS/c1-12(14-7-5-6-8-15(14)18)19-11-13-9-10-16(20-13)17(2,3)4/h5-10,12,19H,11H2,1-4H3/t12-/m1/s1. The first-order chi connectivity index (χ1) is 9.38. The minimum atomic E-state index is 0.247. The molecule has 3 heteroatoms. The molecular weight excluding hydrogens is 330 g/mol. The first kappa shape index (κ1) is 15.7. The van der Waals surface area contributed by atoms with Crippen molar-refractivity contribution in [1.82, 2.24) is 5.32 Å². The average Bonchev–Trinajstić information content (AvgIpc) is 2.85. The SMILES string of the molecule is C[C@@H](NCc1ccc(C(C)(C)C)s1)c1ccccc1Br. The first-order valence-electron chi connectivity index (χ1n) is 6.95. The zero-order valence-corrected chi connectivity index (χ0v) is 14.9. The Kier molecular flexibility index (Phi) is 5.05. The third-order valence-electron chi connectivity index (χ3n) is 3.36. The van der Waals surface area contributed by atoms with E-state index in [2.05, 4.69) is 85.3 Å². The lowest BCUT2D eigenvalue weighted by atomic mass is 9.95. The molecule has 1 aromatic heterocycles. The fraction of sp³-hybridized carbons (Fsp3) is 0.412. The van der Waals surface area contributed by atoms with Gasteiger partial charge in [-0.05, 0) is 36.1 Å². The van der Waals surface area contributed by atoms with E-state index >= 15 is 0 Å². The fourth-order valence-electron chi connectivity index (χ4n) is 2.07. The molecule has 1 nitrogen and oxygen atoms in total. The highest BCUT2D eigenvalue weighted by Crippen LogP contribution is 2.30. The summed E-state index contributed by atoms with van der Waals surface area (Å²) in [6, 6.07) is 13.2. The molecule has 0 bridgehead atoms. The van der Waals surface area contributed by atoms with Gasteiger partial charge in [-0.2, -0.15) is 0 Å². The summed E-state index contributed by atoms with van der Waals surface area (Å²) in [5, 5.41) is 3.60. The Hall–Kier alpha value is -0.640. The van der Waals surface area contributed by atoms with Gasteiger partial charge in [0.05, 0.1) is 0 Å². The number of rotatable bonds is 4. The fourth-order valence-corrected chi connectivity index (χ4v) is 3.71. The van der Waals surface area contributed by atoms with Crippen LogP contribution in [0.1, 0.15) is 49.1 Å². The highest BCUT2D eigenvalue weighted by atomic mass is 79.9. The number of hydrogen-bond donors (Lipinski definition) is 1. The molecule has 0 fully saturated rings. The maximum Gasteiger partial charge on any atom is 0.0306 e. The summed E-state index contributed by atoms with van der Waals surface area (Å²) in [4.78, 5) is 2.84. The summed E-state index contributed by atoms with van der Waals surface area (Å²) in [7, 11) is 0. The smallest absolute Gasteiger partial charge is 0.0306 e. The van der Waals surface area contributed by atoms with Crippen molar-refractivity contribution in [2.75, 3.05) is 0 Å². The van der Waals surface area contributed by atoms with E-state index in [-0.39, 0.29) is 5.41 Å². The first-order valence-corrected chi connectivity index (χ1v) is 8.56. The Morgan fingerprint density at radius 1 is 1.15 bits per heavy atom. The van der Waals surface area contributed by atoms with E-state index in [1.165, 1.54) is 19.8 Å². The zero-order chi connectivity index (χ0) is 14.8. The van der Waals surface area contributed by atoms with Crippen molar-refractivity contribution in [3.8, 4) is 0 Å². The van der Waals surface area contributed by atoms with Crippen LogP contribution in [0.5, 0.6) is 0 Å². The molecule has 20 heavy (non-hydrogen) atoms. The van der Waals surface area contributed by atoms with Gasteiger partial charge in [0.1, 0.15) is 0 Å². The predicted molar refractivity (Wildman–Crippen MR) is 92.4 cm³/mol. The lowest BCUT2D eigenvalue weighted by Crippen LogP contribution is -2.17. The van der Waals surface area contributed by atoms with E-state index in [1.807, 2.05) is 11.3 Å². The normalized spacial score (nSPS) is 13.4. The molecule has 0 aliphatic carbocycles. The van der Waals surface area contributed by atoms with Gasteiger partial charge in [-0.3, -0.25) is 0 Å². The second-order valence-corrected chi connectivity index (χ2v) is 8.16. The van der Waals surface area contributed by atoms with Crippen molar-refractivity contribution >= 4 is 27.3 Å². The molecule has 1 N–H and O–H groups in total. The number of thiophene rings is 1. The van der Waals surface area contributed by atoms with Crippen molar-refractivity contribution in [3.63, 3.8) is 0 Å². The molecule has 0 saturated heterocycles. The Labute approximate surface area is 134 Å². The van der Waals surface area contributed by atoms with Crippen LogP contribution in [0.4, 0.5) is 0 Å². The van der Waals surface area contributed by atoms with Crippen LogP contribution in [-0.2, 0) is 12.0 Å². The third kappa shape index (κ3) is 3.94. The molecule has 1 aromatic carbocycles. The molecule has 0 aliphatic heterocycles. The molecule has 108 valence electrons. The van der Waals surface area contributed by atoms with Crippen LogP contribution in [0.15, 0.2) is 40.9 Å². The van der Waals surface area contributed by atoms with Crippen LogP contribution in [0.25, 0.3) is 0 Å². The maximum absolute atomic E-state index is 3.62. The molecular formula is C17H22BrNS. The Balaban J connectivity index is 1.99. The highest BCUT2D eigenvalue weighted by molar-refractivity contribution is 9.10. The molecule has 0 unspecified atom stereocenters. The van der Waals surface area contributed by atoms with Gasteiger partial charge in [0, 0.05) is 26.8 Å². The van der Waals surface area contributed by atoms with Crippen LogP contribution < -0.4 is 5.32 Å². The molecule has 1 heterocycles. The van der Waals surface area contributed by atoms with Gasteiger partial charge < -0.3 is 5.32 Å². The second-order valence-electron chi connectivity index (χ2n) is 6.14. The van der Waals surface area contributed by atoms with Gasteiger partial charge in [-0.1, -0.05) is 54.9 Å². The molecule has 0 radical (unpaired) electrons. The average molecular weight is 352 g/mol. The Morgan fingerprint density at radius 2 is 1.85 bits per heavy atom. The minimum absolute atomic E-state index is 0.247. The summed E-state index contributed by atoms with van der Waals surface area (Å²) >= 11 is 5.52. The third-order valence-corrected chi connectivity index (χ3v) is 5.59. The van der Waals surface area contributed by atoms with Gasteiger partial charge in [0.25, 0.3) is 0 Å². The number of nitrogens with one attached hydrogen (secondary N) is 1. The Bertz CT molecular complexity index is 568. The summed E-state index contributed by atoms with van der Waals surface area (Å²) in [6.45, 7) is 9.92.